The standard InChI is InChI=1S/C18H22O3/c1-10-3-4-12(11(2)7-10)16(19)6-5-13-14-8-18(21)15(14)9-17(13)20/h3-7,13-17,19-20H,8-9H2,1-2H3/t13?,14-,15-,16?,17?/m0/s1. The summed E-state index contributed by atoms with van der Waals surface area (Å²) < 4.78 is 0. The maximum Gasteiger partial charge on any atom is 0.136 e. The Morgan fingerprint density at radius 3 is 2.71 bits per heavy atom. The van der Waals surface area contributed by atoms with E-state index >= 15 is 0 Å². The normalized spacial score (nSPS) is 33.0. The molecule has 0 aliphatic heterocycles. The SMILES string of the molecule is Cc1ccc(C(O)C=CC2C(O)C[C@@H]3C(=O)C[C@@H]23)c(C)c1. The van der Waals surface area contributed by atoms with Crippen molar-refractivity contribution in [2.75, 3.05) is 0 Å². The van der Waals surface area contributed by atoms with Gasteiger partial charge in [-0.15, -0.1) is 0 Å². The molecule has 21 heavy (non-hydrogen) atoms. The number of rotatable bonds is 3. The van der Waals surface area contributed by atoms with Crippen LogP contribution in [0.25, 0.3) is 0 Å². The third kappa shape index (κ3) is 2.56. The first-order chi connectivity index (χ1) is 9.97. The fraction of sp³-hybridized carbons (Fsp3) is 0.500. The Balaban J connectivity index is 1.72. The Labute approximate surface area is 125 Å². The number of carbonyl (C=O) groups excluding carboxylic acids is 1. The molecule has 2 saturated carbocycles. The quantitative estimate of drug-likeness (QED) is 0.839. The first-order valence-electron chi connectivity index (χ1n) is 7.61. The van der Waals surface area contributed by atoms with Crippen LogP contribution in [-0.2, 0) is 4.79 Å². The molecule has 3 rings (SSSR count). The van der Waals surface area contributed by atoms with E-state index in [1.165, 1.54) is 5.56 Å². The van der Waals surface area contributed by atoms with Crippen LogP contribution in [0.3, 0.4) is 0 Å². The molecule has 0 bridgehead atoms. The molecule has 2 aliphatic rings. The molecule has 0 heterocycles. The molecule has 2 N–H and O–H groups in total. The van der Waals surface area contributed by atoms with Crippen LogP contribution in [0.1, 0.15) is 35.6 Å². The number of aryl methyl sites for hydroxylation is 2. The number of hydrogen-bond acceptors (Lipinski definition) is 3. The molecular weight excluding hydrogens is 264 g/mol. The third-order valence-corrected chi connectivity index (χ3v) is 5.06. The van der Waals surface area contributed by atoms with Gasteiger partial charge in [0.1, 0.15) is 5.78 Å². The average Bonchev–Trinajstić information content (AvgIpc) is 2.68. The van der Waals surface area contributed by atoms with E-state index in [9.17, 15) is 15.0 Å². The predicted molar refractivity (Wildman–Crippen MR) is 80.7 cm³/mol. The number of benzene rings is 1. The Morgan fingerprint density at radius 2 is 2.10 bits per heavy atom. The second kappa shape index (κ2) is 5.39. The zero-order valence-electron chi connectivity index (χ0n) is 12.5. The van der Waals surface area contributed by atoms with Crippen molar-refractivity contribution in [1.82, 2.24) is 0 Å². The van der Waals surface area contributed by atoms with Crippen molar-refractivity contribution in [3.8, 4) is 0 Å². The van der Waals surface area contributed by atoms with E-state index in [1.54, 1.807) is 6.08 Å². The highest BCUT2D eigenvalue weighted by Crippen LogP contribution is 2.48. The van der Waals surface area contributed by atoms with E-state index in [-0.39, 0.29) is 23.5 Å². The van der Waals surface area contributed by atoms with Crippen molar-refractivity contribution in [3.63, 3.8) is 0 Å². The van der Waals surface area contributed by atoms with Gasteiger partial charge in [-0.1, -0.05) is 35.9 Å². The van der Waals surface area contributed by atoms with Gasteiger partial charge in [-0.2, -0.15) is 0 Å². The second-order valence-electron chi connectivity index (χ2n) is 6.51. The molecule has 0 spiro atoms. The monoisotopic (exact) mass is 286 g/mol. The zero-order chi connectivity index (χ0) is 15.1. The molecule has 2 fully saturated rings. The number of aliphatic hydroxyl groups excluding tert-OH is 2. The van der Waals surface area contributed by atoms with Gasteiger partial charge in [-0.3, -0.25) is 4.79 Å². The van der Waals surface area contributed by atoms with Crippen LogP contribution in [0, 0.1) is 31.6 Å². The maximum absolute atomic E-state index is 11.5. The lowest BCUT2D eigenvalue weighted by Gasteiger charge is -2.31. The first-order valence-corrected chi connectivity index (χ1v) is 7.61. The highest BCUT2D eigenvalue weighted by Gasteiger charge is 2.51. The highest BCUT2D eigenvalue weighted by atomic mass is 16.3. The van der Waals surface area contributed by atoms with Gasteiger partial charge in [0.15, 0.2) is 0 Å². The van der Waals surface area contributed by atoms with Crippen molar-refractivity contribution in [1.29, 1.82) is 0 Å². The lowest BCUT2D eigenvalue weighted by molar-refractivity contribution is -0.133. The molecule has 112 valence electrons. The minimum atomic E-state index is -0.660. The van der Waals surface area contributed by atoms with E-state index < -0.39 is 12.2 Å². The largest absolute Gasteiger partial charge is 0.392 e. The molecule has 1 aromatic carbocycles. The topological polar surface area (TPSA) is 57.5 Å². The van der Waals surface area contributed by atoms with Gasteiger partial charge in [0.2, 0.25) is 0 Å². The fourth-order valence-electron chi connectivity index (χ4n) is 3.78. The minimum absolute atomic E-state index is 0.00750. The first kappa shape index (κ1) is 14.5. The maximum atomic E-state index is 11.5. The summed E-state index contributed by atoms with van der Waals surface area (Å²) >= 11 is 0. The lowest BCUT2D eigenvalue weighted by Crippen LogP contribution is -2.35. The van der Waals surface area contributed by atoms with Crippen molar-refractivity contribution in [3.05, 3.63) is 47.0 Å². The molecule has 5 atom stereocenters. The van der Waals surface area contributed by atoms with E-state index in [2.05, 4.69) is 6.07 Å². The average molecular weight is 286 g/mol. The van der Waals surface area contributed by atoms with E-state index in [1.807, 2.05) is 32.1 Å². The second-order valence-corrected chi connectivity index (χ2v) is 6.51. The number of fused-ring (bicyclic) bond motifs is 1. The number of ketones is 1. The van der Waals surface area contributed by atoms with Gasteiger partial charge in [0.25, 0.3) is 0 Å². The van der Waals surface area contributed by atoms with E-state index in [0.717, 1.165) is 11.1 Å². The lowest BCUT2D eigenvalue weighted by atomic mass is 9.71. The van der Waals surface area contributed by atoms with Gasteiger partial charge >= 0.3 is 0 Å². The zero-order valence-corrected chi connectivity index (χ0v) is 12.5. The summed E-state index contributed by atoms with van der Waals surface area (Å²) in [4.78, 5) is 11.5. The third-order valence-electron chi connectivity index (χ3n) is 5.06. The van der Waals surface area contributed by atoms with Crippen LogP contribution < -0.4 is 0 Å². The molecule has 0 aromatic heterocycles. The molecule has 0 radical (unpaired) electrons. The molecular formula is C18H22O3. The smallest absolute Gasteiger partial charge is 0.136 e. The van der Waals surface area contributed by atoms with Gasteiger partial charge in [0.05, 0.1) is 12.2 Å². The Morgan fingerprint density at radius 1 is 1.33 bits per heavy atom. The van der Waals surface area contributed by atoms with Crippen molar-refractivity contribution >= 4 is 5.78 Å². The molecule has 3 nitrogen and oxygen atoms in total. The molecule has 2 aliphatic carbocycles. The van der Waals surface area contributed by atoms with Crippen LogP contribution in [0.15, 0.2) is 30.4 Å². The van der Waals surface area contributed by atoms with Gasteiger partial charge < -0.3 is 10.2 Å². The van der Waals surface area contributed by atoms with Crippen LogP contribution in [0.5, 0.6) is 0 Å². The van der Waals surface area contributed by atoms with Crippen LogP contribution in [0.4, 0.5) is 0 Å². The Kier molecular flexibility index (Phi) is 3.72. The van der Waals surface area contributed by atoms with Gasteiger partial charge in [-0.05, 0) is 37.3 Å². The number of hydrogen-bond donors (Lipinski definition) is 2. The number of aliphatic hydroxyl groups is 2. The summed E-state index contributed by atoms with van der Waals surface area (Å²) in [6.45, 7) is 4.02. The molecule has 0 saturated heterocycles. The summed E-state index contributed by atoms with van der Waals surface area (Å²) in [5.41, 5.74) is 3.14. The number of carbonyl (C=O) groups is 1. The van der Waals surface area contributed by atoms with Crippen molar-refractivity contribution < 1.29 is 15.0 Å². The van der Waals surface area contributed by atoms with Crippen LogP contribution in [0.2, 0.25) is 0 Å². The molecule has 0 amide bonds. The van der Waals surface area contributed by atoms with E-state index in [4.69, 9.17) is 0 Å². The van der Waals surface area contributed by atoms with Crippen molar-refractivity contribution in [2.24, 2.45) is 17.8 Å². The van der Waals surface area contributed by atoms with Gasteiger partial charge in [0, 0.05) is 18.3 Å². The summed E-state index contributed by atoms with van der Waals surface area (Å²) in [5.74, 6) is 0.612. The minimum Gasteiger partial charge on any atom is -0.392 e. The van der Waals surface area contributed by atoms with Crippen LogP contribution in [-0.4, -0.2) is 22.1 Å². The Bertz CT molecular complexity index is 590. The number of Topliss-reactive ketones (excluding diaryl/α,β-unsaturated/α-hetero) is 1. The van der Waals surface area contributed by atoms with E-state index in [0.29, 0.717) is 12.8 Å². The molecule has 1 aromatic rings. The van der Waals surface area contributed by atoms with Crippen LogP contribution >= 0.6 is 0 Å². The van der Waals surface area contributed by atoms with Crippen molar-refractivity contribution in [2.45, 2.75) is 38.9 Å². The fourth-order valence-corrected chi connectivity index (χ4v) is 3.78. The predicted octanol–water partition coefficient (Wildman–Crippen LogP) is 2.48. The Hall–Kier alpha value is -1.45. The molecule has 3 unspecified atom stereocenters. The summed E-state index contributed by atoms with van der Waals surface area (Å²) in [5, 5.41) is 20.4. The van der Waals surface area contributed by atoms with Gasteiger partial charge in [-0.25, -0.2) is 0 Å². The highest BCUT2D eigenvalue weighted by molar-refractivity contribution is 5.88. The summed E-state index contributed by atoms with van der Waals surface area (Å²) in [6.07, 6.45) is 3.72. The summed E-state index contributed by atoms with van der Waals surface area (Å²) in [6, 6.07) is 5.99. The summed E-state index contributed by atoms with van der Waals surface area (Å²) in [7, 11) is 0. The molecule has 3 heteroatoms.